The molecule has 0 aliphatic carbocycles. The first kappa shape index (κ1) is 21.7. The number of hydrogen-bond acceptors (Lipinski definition) is 4. The van der Waals surface area contributed by atoms with E-state index in [0.717, 1.165) is 12.1 Å². The molecule has 23 heavy (non-hydrogen) atoms. The van der Waals surface area contributed by atoms with E-state index in [-0.39, 0.29) is 30.7 Å². The number of nitrogens with zero attached hydrogens (tertiary/aromatic N) is 1. The summed E-state index contributed by atoms with van der Waals surface area (Å²) >= 11 is 6.11. The molecule has 0 fully saturated rings. The van der Waals surface area contributed by atoms with E-state index in [2.05, 4.69) is 15.6 Å². The maximum Gasteiger partial charge on any atom is 0.220 e. The Balaban J connectivity index is 0.00000242. The van der Waals surface area contributed by atoms with Crippen LogP contribution in [0.1, 0.15) is 12.3 Å². The van der Waals surface area contributed by atoms with Gasteiger partial charge in [-0.2, -0.15) is 0 Å². The minimum atomic E-state index is -0.0113. The van der Waals surface area contributed by atoms with E-state index < -0.39 is 0 Å². The van der Waals surface area contributed by atoms with E-state index in [1.54, 1.807) is 12.3 Å². The van der Waals surface area contributed by atoms with Crippen molar-refractivity contribution in [2.75, 3.05) is 20.1 Å². The van der Waals surface area contributed by atoms with Gasteiger partial charge in [0.1, 0.15) is 0 Å². The van der Waals surface area contributed by atoms with Crippen molar-refractivity contribution in [2.24, 2.45) is 0 Å². The molecular formula is C15H20Cl3N3O2. The normalized spacial score (nSPS) is 9.65. The van der Waals surface area contributed by atoms with E-state index in [1.807, 2.05) is 25.2 Å². The van der Waals surface area contributed by atoms with Gasteiger partial charge >= 0.3 is 0 Å². The standard InChI is InChI=1S/C15H18ClN3O2.2ClH/c1-17-8-9-18-14(20)6-7-15-19-10-13(21-15)11-4-2-3-5-12(11)16;;/h2-5,10,17H,6-9H2,1H3,(H,18,20);2*1H. The summed E-state index contributed by atoms with van der Waals surface area (Å²) in [7, 11) is 1.84. The van der Waals surface area contributed by atoms with Crippen molar-refractivity contribution in [1.82, 2.24) is 15.6 Å². The Morgan fingerprint density at radius 2 is 2.00 bits per heavy atom. The van der Waals surface area contributed by atoms with Crippen LogP contribution in [0.4, 0.5) is 0 Å². The van der Waals surface area contributed by atoms with Crippen LogP contribution in [-0.4, -0.2) is 31.0 Å². The molecule has 0 saturated heterocycles. The molecule has 0 radical (unpaired) electrons. The first-order valence-electron chi connectivity index (χ1n) is 6.81. The summed E-state index contributed by atoms with van der Waals surface area (Å²) in [5.41, 5.74) is 0.802. The molecule has 0 spiro atoms. The Labute approximate surface area is 153 Å². The summed E-state index contributed by atoms with van der Waals surface area (Å²) in [5, 5.41) is 6.39. The second-order valence-corrected chi connectivity index (χ2v) is 4.96. The van der Waals surface area contributed by atoms with E-state index in [4.69, 9.17) is 16.0 Å². The van der Waals surface area contributed by atoms with Gasteiger partial charge in [0.15, 0.2) is 11.7 Å². The second-order valence-electron chi connectivity index (χ2n) is 4.55. The number of aromatic nitrogens is 1. The lowest BCUT2D eigenvalue weighted by Gasteiger charge is -2.03. The molecule has 128 valence electrons. The Hall–Kier alpha value is -1.27. The van der Waals surface area contributed by atoms with Gasteiger partial charge < -0.3 is 15.1 Å². The van der Waals surface area contributed by atoms with Crippen LogP contribution in [0.3, 0.4) is 0 Å². The number of halogens is 3. The fraction of sp³-hybridized carbons (Fsp3) is 0.333. The van der Waals surface area contributed by atoms with Gasteiger partial charge in [-0.05, 0) is 19.2 Å². The van der Waals surface area contributed by atoms with Crippen molar-refractivity contribution >= 4 is 42.3 Å². The molecule has 1 amide bonds. The molecule has 1 heterocycles. The highest BCUT2D eigenvalue weighted by Crippen LogP contribution is 2.28. The molecule has 2 rings (SSSR count). The molecule has 0 unspecified atom stereocenters. The topological polar surface area (TPSA) is 67.2 Å². The van der Waals surface area contributed by atoms with E-state index >= 15 is 0 Å². The summed E-state index contributed by atoms with van der Waals surface area (Å²) in [5.74, 6) is 1.14. The highest BCUT2D eigenvalue weighted by Gasteiger charge is 2.10. The Morgan fingerprint density at radius 3 is 2.70 bits per heavy atom. The number of benzene rings is 1. The Morgan fingerprint density at radius 1 is 1.26 bits per heavy atom. The van der Waals surface area contributed by atoms with E-state index in [0.29, 0.717) is 36.1 Å². The van der Waals surface area contributed by atoms with Crippen molar-refractivity contribution < 1.29 is 9.21 Å². The molecule has 0 atom stereocenters. The Bertz CT molecular complexity index is 605. The maximum atomic E-state index is 11.6. The number of hydrogen-bond donors (Lipinski definition) is 2. The molecule has 0 saturated carbocycles. The van der Waals surface area contributed by atoms with Crippen LogP contribution in [-0.2, 0) is 11.2 Å². The van der Waals surface area contributed by atoms with E-state index in [1.165, 1.54) is 0 Å². The quantitative estimate of drug-likeness (QED) is 0.724. The highest BCUT2D eigenvalue weighted by molar-refractivity contribution is 6.33. The van der Waals surface area contributed by atoms with Crippen LogP contribution < -0.4 is 10.6 Å². The zero-order valence-corrected chi connectivity index (χ0v) is 15.1. The minimum absolute atomic E-state index is 0. The number of rotatable bonds is 7. The van der Waals surface area contributed by atoms with Crippen LogP contribution in [0.25, 0.3) is 11.3 Å². The molecule has 2 N–H and O–H groups in total. The predicted molar refractivity (Wildman–Crippen MR) is 96.7 cm³/mol. The third-order valence-corrected chi connectivity index (χ3v) is 3.29. The van der Waals surface area contributed by atoms with Gasteiger partial charge in [-0.3, -0.25) is 4.79 Å². The molecule has 8 heteroatoms. The SMILES string of the molecule is CNCCNC(=O)CCc1ncc(-c2ccccc2Cl)o1.Cl.Cl. The predicted octanol–water partition coefficient (Wildman–Crippen LogP) is 3.11. The Kier molecular flexibility index (Phi) is 10.7. The fourth-order valence-corrected chi connectivity index (χ4v) is 2.08. The monoisotopic (exact) mass is 379 g/mol. The van der Waals surface area contributed by atoms with E-state index in [9.17, 15) is 4.79 Å². The molecule has 0 aliphatic heterocycles. The molecular weight excluding hydrogens is 361 g/mol. The highest BCUT2D eigenvalue weighted by atomic mass is 35.5. The van der Waals surface area contributed by atoms with Crippen molar-refractivity contribution in [2.45, 2.75) is 12.8 Å². The average Bonchev–Trinajstić information content (AvgIpc) is 2.94. The summed E-state index contributed by atoms with van der Waals surface area (Å²) in [6.07, 6.45) is 2.46. The lowest BCUT2D eigenvalue weighted by molar-refractivity contribution is -0.121. The first-order chi connectivity index (χ1) is 10.2. The van der Waals surface area contributed by atoms with Crippen LogP contribution >= 0.6 is 36.4 Å². The lowest BCUT2D eigenvalue weighted by Crippen LogP contribution is -2.30. The largest absolute Gasteiger partial charge is 0.441 e. The van der Waals surface area contributed by atoms with Crippen LogP contribution in [0.5, 0.6) is 0 Å². The number of carbonyl (C=O) groups excluding carboxylic acids is 1. The van der Waals surface area contributed by atoms with Gasteiger partial charge in [-0.25, -0.2) is 4.98 Å². The molecule has 0 bridgehead atoms. The van der Waals surface area contributed by atoms with Gasteiger partial charge in [0, 0.05) is 31.5 Å². The summed E-state index contributed by atoms with van der Waals surface area (Å²) < 4.78 is 5.64. The zero-order chi connectivity index (χ0) is 15.1. The number of likely N-dealkylation sites (N-methyl/N-ethyl adjacent to an activating group) is 1. The number of oxazole rings is 1. The number of amides is 1. The lowest BCUT2D eigenvalue weighted by atomic mass is 10.2. The third kappa shape index (κ3) is 6.79. The first-order valence-corrected chi connectivity index (χ1v) is 7.19. The molecule has 2 aromatic rings. The second kappa shape index (κ2) is 11.3. The maximum absolute atomic E-state index is 11.6. The minimum Gasteiger partial charge on any atom is -0.441 e. The van der Waals surface area contributed by atoms with Gasteiger partial charge in [0.25, 0.3) is 0 Å². The smallest absolute Gasteiger partial charge is 0.220 e. The van der Waals surface area contributed by atoms with Gasteiger partial charge in [-0.15, -0.1) is 24.8 Å². The summed E-state index contributed by atoms with van der Waals surface area (Å²) in [6, 6.07) is 7.42. The average molecular weight is 381 g/mol. The van der Waals surface area contributed by atoms with Crippen molar-refractivity contribution in [3.05, 3.63) is 41.4 Å². The van der Waals surface area contributed by atoms with Crippen LogP contribution in [0.15, 0.2) is 34.9 Å². The summed E-state index contributed by atoms with van der Waals surface area (Å²) in [4.78, 5) is 15.8. The van der Waals surface area contributed by atoms with Crippen LogP contribution in [0, 0.1) is 0 Å². The third-order valence-electron chi connectivity index (χ3n) is 2.96. The number of carbonyl (C=O) groups is 1. The molecule has 5 nitrogen and oxygen atoms in total. The van der Waals surface area contributed by atoms with Crippen molar-refractivity contribution in [3.63, 3.8) is 0 Å². The molecule has 1 aromatic heterocycles. The molecule has 1 aromatic carbocycles. The fourth-order valence-electron chi connectivity index (χ4n) is 1.85. The van der Waals surface area contributed by atoms with Crippen LogP contribution in [0.2, 0.25) is 5.02 Å². The van der Waals surface area contributed by atoms with Gasteiger partial charge in [0.2, 0.25) is 5.91 Å². The number of aryl methyl sites for hydroxylation is 1. The zero-order valence-electron chi connectivity index (χ0n) is 12.7. The molecule has 0 aliphatic rings. The number of nitrogens with one attached hydrogen (secondary N) is 2. The van der Waals surface area contributed by atoms with Crippen molar-refractivity contribution in [1.29, 1.82) is 0 Å². The van der Waals surface area contributed by atoms with Crippen molar-refractivity contribution in [3.8, 4) is 11.3 Å². The van der Waals surface area contributed by atoms with Gasteiger partial charge in [-0.1, -0.05) is 23.7 Å². The van der Waals surface area contributed by atoms with Gasteiger partial charge in [0.05, 0.1) is 11.2 Å². The summed E-state index contributed by atoms with van der Waals surface area (Å²) in [6.45, 7) is 1.37.